The fraction of sp³-hybridized carbons (Fsp3) is 0.923. The molecule has 2 rings (SSSR count). The third kappa shape index (κ3) is 3.59. The minimum atomic E-state index is 0.197. The number of nitrogens with one attached hydrogen (secondary N) is 1. The lowest BCUT2D eigenvalue weighted by molar-refractivity contribution is 0.154. The van der Waals surface area contributed by atoms with Gasteiger partial charge in [0.1, 0.15) is 0 Å². The van der Waals surface area contributed by atoms with Gasteiger partial charge in [-0.25, -0.2) is 4.79 Å². The molecule has 2 fully saturated rings. The summed E-state index contributed by atoms with van der Waals surface area (Å²) in [6.07, 6.45) is 2.42. The number of piperazine rings is 1. The first-order valence-electron chi connectivity index (χ1n) is 7.06. The molecule has 0 bridgehead atoms. The highest BCUT2D eigenvalue weighted by molar-refractivity contribution is 5.74. The summed E-state index contributed by atoms with van der Waals surface area (Å²) in [6.45, 7) is 6.82. The molecule has 2 amide bonds. The number of hydrogen-bond donors (Lipinski definition) is 1. The molecule has 2 heterocycles. The van der Waals surface area contributed by atoms with Crippen molar-refractivity contribution >= 4 is 6.03 Å². The maximum atomic E-state index is 12.2. The Morgan fingerprint density at radius 3 is 2.67 bits per heavy atom. The molecule has 0 aromatic rings. The van der Waals surface area contributed by atoms with Crippen LogP contribution in [0.2, 0.25) is 0 Å². The van der Waals surface area contributed by atoms with Gasteiger partial charge < -0.3 is 20.0 Å². The lowest BCUT2D eigenvalue weighted by atomic mass is 10.1. The van der Waals surface area contributed by atoms with Gasteiger partial charge >= 0.3 is 6.03 Å². The molecule has 5 heteroatoms. The van der Waals surface area contributed by atoms with Crippen molar-refractivity contribution in [3.63, 3.8) is 0 Å². The molecular formula is C13H26N4O. The van der Waals surface area contributed by atoms with Crippen LogP contribution in [-0.4, -0.2) is 80.6 Å². The number of hydrogen-bond acceptors (Lipinski definition) is 3. The standard InChI is InChI=1S/C13H26N4O/c1-15-7-3-12(11-15)4-8-16(2)13(18)17-9-5-14-6-10-17/h12,14H,3-11H2,1-2H3. The van der Waals surface area contributed by atoms with Gasteiger partial charge in [0, 0.05) is 46.3 Å². The Morgan fingerprint density at radius 2 is 2.06 bits per heavy atom. The van der Waals surface area contributed by atoms with Crippen molar-refractivity contribution in [1.29, 1.82) is 0 Å². The summed E-state index contributed by atoms with van der Waals surface area (Å²) < 4.78 is 0. The number of carbonyl (C=O) groups excluding carboxylic acids is 1. The van der Waals surface area contributed by atoms with Gasteiger partial charge in [-0.1, -0.05) is 0 Å². The van der Waals surface area contributed by atoms with Crippen LogP contribution in [0.5, 0.6) is 0 Å². The van der Waals surface area contributed by atoms with E-state index in [4.69, 9.17) is 0 Å². The second kappa shape index (κ2) is 6.38. The zero-order chi connectivity index (χ0) is 13.0. The molecule has 2 saturated heterocycles. The monoisotopic (exact) mass is 254 g/mol. The second-order valence-corrected chi connectivity index (χ2v) is 5.65. The molecular weight excluding hydrogens is 228 g/mol. The fourth-order valence-corrected chi connectivity index (χ4v) is 2.83. The van der Waals surface area contributed by atoms with E-state index >= 15 is 0 Å². The van der Waals surface area contributed by atoms with Crippen LogP contribution in [0.25, 0.3) is 0 Å². The molecule has 0 saturated carbocycles. The first-order valence-corrected chi connectivity index (χ1v) is 7.06. The van der Waals surface area contributed by atoms with E-state index in [1.807, 2.05) is 16.8 Å². The van der Waals surface area contributed by atoms with Gasteiger partial charge in [0.15, 0.2) is 0 Å². The summed E-state index contributed by atoms with van der Waals surface area (Å²) in [7, 11) is 4.11. The first-order chi connectivity index (χ1) is 8.66. The zero-order valence-corrected chi connectivity index (χ0v) is 11.7. The van der Waals surface area contributed by atoms with Crippen molar-refractivity contribution in [3.8, 4) is 0 Å². The molecule has 104 valence electrons. The van der Waals surface area contributed by atoms with Crippen molar-refractivity contribution in [2.24, 2.45) is 5.92 Å². The van der Waals surface area contributed by atoms with Crippen molar-refractivity contribution < 1.29 is 4.79 Å². The maximum absolute atomic E-state index is 12.2. The summed E-state index contributed by atoms with van der Waals surface area (Å²) >= 11 is 0. The van der Waals surface area contributed by atoms with Gasteiger partial charge in [0.05, 0.1) is 0 Å². The summed E-state index contributed by atoms with van der Waals surface area (Å²) in [5, 5.41) is 3.27. The van der Waals surface area contributed by atoms with Gasteiger partial charge in [-0.2, -0.15) is 0 Å². The highest BCUT2D eigenvalue weighted by atomic mass is 16.2. The summed E-state index contributed by atoms with van der Waals surface area (Å²) in [5.41, 5.74) is 0. The van der Waals surface area contributed by atoms with Crippen LogP contribution in [0.15, 0.2) is 0 Å². The molecule has 0 radical (unpaired) electrons. The molecule has 2 aliphatic heterocycles. The van der Waals surface area contributed by atoms with Crippen molar-refractivity contribution in [1.82, 2.24) is 20.0 Å². The van der Waals surface area contributed by atoms with Gasteiger partial charge in [0.25, 0.3) is 0 Å². The number of carbonyl (C=O) groups is 1. The third-order valence-electron chi connectivity index (χ3n) is 4.08. The largest absolute Gasteiger partial charge is 0.328 e. The van der Waals surface area contributed by atoms with Crippen molar-refractivity contribution in [2.45, 2.75) is 12.8 Å². The number of rotatable bonds is 3. The Kier molecular flexibility index (Phi) is 4.83. The second-order valence-electron chi connectivity index (χ2n) is 5.65. The number of urea groups is 1. The van der Waals surface area contributed by atoms with Crippen LogP contribution in [0, 0.1) is 5.92 Å². The van der Waals surface area contributed by atoms with Gasteiger partial charge in [-0.15, -0.1) is 0 Å². The quantitative estimate of drug-likeness (QED) is 0.786. The van der Waals surface area contributed by atoms with Crippen LogP contribution >= 0.6 is 0 Å². The predicted octanol–water partition coefficient (Wildman–Crippen LogP) is 0.285. The summed E-state index contributed by atoms with van der Waals surface area (Å²) in [4.78, 5) is 18.4. The Balaban J connectivity index is 1.70. The van der Waals surface area contributed by atoms with Crippen LogP contribution in [0.1, 0.15) is 12.8 Å². The minimum absolute atomic E-state index is 0.197. The third-order valence-corrected chi connectivity index (χ3v) is 4.08. The summed E-state index contributed by atoms with van der Waals surface area (Å²) in [6, 6.07) is 0.197. The predicted molar refractivity (Wildman–Crippen MR) is 72.7 cm³/mol. The lowest BCUT2D eigenvalue weighted by Crippen LogP contribution is -2.50. The number of amides is 2. The maximum Gasteiger partial charge on any atom is 0.319 e. The van der Waals surface area contributed by atoms with Crippen molar-refractivity contribution in [3.05, 3.63) is 0 Å². The molecule has 1 atom stereocenters. The molecule has 5 nitrogen and oxygen atoms in total. The zero-order valence-electron chi connectivity index (χ0n) is 11.7. The lowest BCUT2D eigenvalue weighted by Gasteiger charge is -2.31. The molecule has 1 N–H and O–H groups in total. The van der Waals surface area contributed by atoms with E-state index < -0.39 is 0 Å². The number of nitrogens with zero attached hydrogens (tertiary/aromatic N) is 3. The normalized spacial score (nSPS) is 25.4. The number of likely N-dealkylation sites (tertiary alicyclic amines) is 1. The Labute approximate surface area is 110 Å². The highest BCUT2D eigenvalue weighted by Crippen LogP contribution is 2.18. The molecule has 0 spiro atoms. The van der Waals surface area contributed by atoms with Gasteiger partial charge in [-0.05, 0) is 32.4 Å². The molecule has 0 aromatic carbocycles. The topological polar surface area (TPSA) is 38.8 Å². The fourth-order valence-electron chi connectivity index (χ4n) is 2.83. The van der Waals surface area contributed by atoms with Crippen LogP contribution in [0.4, 0.5) is 4.79 Å². The van der Waals surface area contributed by atoms with E-state index in [1.54, 1.807) is 0 Å². The van der Waals surface area contributed by atoms with Crippen LogP contribution < -0.4 is 5.32 Å². The first kappa shape index (κ1) is 13.6. The average molecular weight is 254 g/mol. The SMILES string of the molecule is CN1CCC(CCN(C)C(=O)N2CCNCC2)C1. The van der Waals surface area contributed by atoms with E-state index in [1.165, 1.54) is 19.5 Å². The van der Waals surface area contributed by atoms with Gasteiger partial charge in [-0.3, -0.25) is 0 Å². The van der Waals surface area contributed by atoms with Crippen LogP contribution in [-0.2, 0) is 0 Å². The molecule has 1 unspecified atom stereocenters. The smallest absolute Gasteiger partial charge is 0.319 e. The Morgan fingerprint density at radius 1 is 1.33 bits per heavy atom. The molecule has 18 heavy (non-hydrogen) atoms. The van der Waals surface area contributed by atoms with Gasteiger partial charge in [0.2, 0.25) is 0 Å². The highest BCUT2D eigenvalue weighted by Gasteiger charge is 2.23. The molecule has 0 aliphatic carbocycles. The Hall–Kier alpha value is -0.810. The molecule has 2 aliphatic rings. The van der Waals surface area contributed by atoms with E-state index in [-0.39, 0.29) is 6.03 Å². The van der Waals surface area contributed by atoms with E-state index in [2.05, 4.69) is 17.3 Å². The minimum Gasteiger partial charge on any atom is -0.328 e. The van der Waals surface area contributed by atoms with Crippen LogP contribution in [0.3, 0.4) is 0 Å². The van der Waals surface area contributed by atoms with E-state index in [0.717, 1.165) is 45.1 Å². The average Bonchev–Trinajstić information content (AvgIpc) is 2.82. The van der Waals surface area contributed by atoms with E-state index in [0.29, 0.717) is 0 Å². The Bertz CT molecular complexity index is 278. The van der Waals surface area contributed by atoms with Crippen molar-refractivity contribution in [2.75, 3.05) is 59.9 Å². The summed E-state index contributed by atoms with van der Waals surface area (Å²) in [5.74, 6) is 0.772. The van der Waals surface area contributed by atoms with E-state index in [9.17, 15) is 4.79 Å². The molecule has 0 aromatic heterocycles.